The van der Waals surface area contributed by atoms with E-state index in [-0.39, 0.29) is 11.5 Å². The molecule has 1 aliphatic heterocycles. The van der Waals surface area contributed by atoms with Gasteiger partial charge in [0.05, 0.1) is 22.7 Å². The Labute approximate surface area is 69.0 Å². The largest absolute Gasteiger partial charge is 0.249 e. The monoisotopic (exact) mass is 189 g/mol. The molecule has 1 aliphatic rings. The van der Waals surface area contributed by atoms with Crippen molar-refractivity contribution in [1.82, 2.24) is 4.98 Å². The number of hydrogen-bond donors (Lipinski definition) is 0. The van der Waals surface area contributed by atoms with Gasteiger partial charge >= 0.3 is 0 Å². The predicted octanol–water partition coefficient (Wildman–Crippen LogP) is 0.614. The molecular weight excluding hydrogens is 182 g/mol. The third-order valence-electron chi connectivity index (χ3n) is 1.73. The molecule has 0 saturated heterocycles. The van der Waals surface area contributed by atoms with Gasteiger partial charge in [-0.3, -0.25) is 0 Å². The van der Waals surface area contributed by atoms with Crippen molar-refractivity contribution in [2.45, 2.75) is 12.2 Å². The molecule has 2 heterocycles. The van der Waals surface area contributed by atoms with Crippen molar-refractivity contribution in [3.63, 3.8) is 0 Å². The second kappa shape index (κ2) is 2.28. The second-order valence-electron chi connectivity index (χ2n) is 2.56. The van der Waals surface area contributed by atoms with E-state index in [1.54, 1.807) is 5.51 Å². The van der Waals surface area contributed by atoms with E-state index in [2.05, 4.69) is 4.98 Å². The zero-order valence-corrected chi connectivity index (χ0v) is 7.41. The smallest absolute Gasteiger partial charge is 0.155 e. The molecule has 1 aromatic heterocycles. The van der Waals surface area contributed by atoms with E-state index in [4.69, 9.17) is 0 Å². The van der Waals surface area contributed by atoms with Crippen molar-refractivity contribution >= 4 is 21.2 Å². The number of sulfone groups is 1. The Balaban J connectivity index is 2.47. The molecule has 3 nitrogen and oxygen atoms in total. The molecule has 0 radical (unpaired) electrons. The Morgan fingerprint density at radius 3 is 3.18 bits per heavy atom. The number of thiazole rings is 1. The second-order valence-corrected chi connectivity index (χ2v) is 5.69. The Kier molecular flexibility index (Phi) is 1.50. The van der Waals surface area contributed by atoms with Crippen LogP contribution in [0.5, 0.6) is 0 Å². The highest BCUT2D eigenvalue weighted by Crippen LogP contribution is 2.22. The molecule has 11 heavy (non-hydrogen) atoms. The Morgan fingerprint density at radius 2 is 2.36 bits per heavy atom. The van der Waals surface area contributed by atoms with Crippen LogP contribution in [0.1, 0.15) is 10.6 Å². The summed E-state index contributed by atoms with van der Waals surface area (Å²) in [7, 11) is -2.80. The van der Waals surface area contributed by atoms with E-state index in [0.717, 1.165) is 10.6 Å². The zero-order chi connectivity index (χ0) is 7.90. The maximum Gasteiger partial charge on any atom is 0.155 e. The summed E-state index contributed by atoms with van der Waals surface area (Å²) in [6.07, 6.45) is 0.598. The summed E-state index contributed by atoms with van der Waals surface area (Å²) in [5, 5.41) is 0. The van der Waals surface area contributed by atoms with Crippen molar-refractivity contribution in [2.75, 3.05) is 5.75 Å². The van der Waals surface area contributed by atoms with Gasteiger partial charge in [0.25, 0.3) is 0 Å². The Bertz CT molecular complexity index is 366. The Morgan fingerprint density at radius 1 is 1.55 bits per heavy atom. The van der Waals surface area contributed by atoms with Crippen LogP contribution in [-0.4, -0.2) is 19.2 Å². The lowest BCUT2D eigenvalue weighted by molar-refractivity contribution is 0.591. The maximum atomic E-state index is 11.1. The van der Waals surface area contributed by atoms with Crippen molar-refractivity contribution in [1.29, 1.82) is 0 Å². The SMILES string of the molecule is O=S1(=O)CCc2ncsc2C1. The molecule has 0 N–H and O–H groups in total. The quantitative estimate of drug-likeness (QED) is 0.601. The minimum absolute atomic E-state index is 0.201. The summed E-state index contributed by atoms with van der Waals surface area (Å²) in [4.78, 5) is 5.00. The van der Waals surface area contributed by atoms with Crippen LogP contribution in [0.2, 0.25) is 0 Å². The zero-order valence-electron chi connectivity index (χ0n) is 5.78. The molecule has 2 rings (SSSR count). The number of aromatic nitrogens is 1. The summed E-state index contributed by atoms with van der Waals surface area (Å²) in [6.45, 7) is 0. The molecule has 0 unspecified atom stereocenters. The van der Waals surface area contributed by atoms with Crippen LogP contribution in [0.25, 0.3) is 0 Å². The van der Waals surface area contributed by atoms with Gasteiger partial charge in [0.15, 0.2) is 9.84 Å². The average molecular weight is 189 g/mol. The van der Waals surface area contributed by atoms with E-state index in [0.29, 0.717) is 6.42 Å². The molecule has 0 amide bonds. The lowest BCUT2D eigenvalue weighted by atomic mass is 10.3. The molecule has 0 aromatic carbocycles. The molecule has 0 spiro atoms. The summed E-state index contributed by atoms with van der Waals surface area (Å²) in [5.74, 6) is 0.469. The third kappa shape index (κ3) is 1.30. The highest BCUT2D eigenvalue weighted by Gasteiger charge is 2.22. The first-order valence-corrected chi connectivity index (χ1v) is 5.99. The van der Waals surface area contributed by atoms with Gasteiger partial charge in [-0.05, 0) is 0 Å². The fraction of sp³-hybridized carbons (Fsp3) is 0.500. The number of aryl methyl sites for hydroxylation is 1. The molecule has 60 valence electrons. The number of hydrogen-bond acceptors (Lipinski definition) is 4. The first-order chi connectivity index (χ1) is 5.17. The van der Waals surface area contributed by atoms with E-state index in [1.165, 1.54) is 11.3 Å². The van der Waals surface area contributed by atoms with E-state index in [1.807, 2.05) is 0 Å². The van der Waals surface area contributed by atoms with Gasteiger partial charge in [0.1, 0.15) is 0 Å². The van der Waals surface area contributed by atoms with Gasteiger partial charge < -0.3 is 0 Å². The first kappa shape index (κ1) is 7.24. The van der Waals surface area contributed by atoms with Crippen LogP contribution < -0.4 is 0 Å². The van der Waals surface area contributed by atoms with E-state index >= 15 is 0 Å². The van der Waals surface area contributed by atoms with Crippen molar-refractivity contribution < 1.29 is 8.42 Å². The van der Waals surface area contributed by atoms with Gasteiger partial charge in [-0.1, -0.05) is 0 Å². The van der Waals surface area contributed by atoms with Crippen molar-refractivity contribution in [3.8, 4) is 0 Å². The van der Waals surface area contributed by atoms with E-state index in [9.17, 15) is 8.42 Å². The van der Waals surface area contributed by atoms with Crippen LogP contribution >= 0.6 is 11.3 Å². The van der Waals surface area contributed by atoms with Gasteiger partial charge in [-0.25, -0.2) is 13.4 Å². The number of nitrogens with zero attached hydrogens (tertiary/aromatic N) is 1. The summed E-state index contributed by atoms with van der Waals surface area (Å²) in [6, 6.07) is 0. The standard InChI is InChI=1S/C6H7NO2S2/c8-11(9)2-1-5-6(3-11)10-4-7-5/h4H,1-3H2. The fourth-order valence-electron chi connectivity index (χ4n) is 1.14. The summed E-state index contributed by atoms with van der Waals surface area (Å²) >= 11 is 1.44. The van der Waals surface area contributed by atoms with Crippen molar-refractivity contribution in [2.24, 2.45) is 0 Å². The van der Waals surface area contributed by atoms with Crippen LogP contribution in [0.3, 0.4) is 0 Å². The topological polar surface area (TPSA) is 47.0 Å². The fourth-order valence-corrected chi connectivity index (χ4v) is 3.76. The maximum absolute atomic E-state index is 11.1. The minimum atomic E-state index is -2.80. The van der Waals surface area contributed by atoms with Gasteiger partial charge in [0, 0.05) is 11.3 Å². The lowest BCUT2D eigenvalue weighted by Gasteiger charge is -2.09. The molecule has 0 atom stereocenters. The molecule has 1 aromatic rings. The summed E-state index contributed by atoms with van der Waals surface area (Å²) < 4.78 is 22.2. The predicted molar refractivity (Wildman–Crippen MR) is 43.3 cm³/mol. The van der Waals surface area contributed by atoms with Crippen LogP contribution in [0.15, 0.2) is 5.51 Å². The Hall–Kier alpha value is -0.420. The van der Waals surface area contributed by atoms with Gasteiger partial charge in [-0.15, -0.1) is 11.3 Å². The van der Waals surface area contributed by atoms with Gasteiger partial charge in [-0.2, -0.15) is 0 Å². The molecule has 0 bridgehead atoms. The number of fused-ring (bicyclic) bond motifs is 1. The van der Waals surface area contributed by atoms with E-state index < -0.39 is 9.84 Å². The molecule has 0 saturated carbocycles. The third-order valence-corrected chi connectivity index (χ3v) is 4.34. The molecule has 5 heteroatoms. The summed E-state index contributed by atoms with van der Waals surface area (Å²) in [5.41, 5.74) is 2.69. The molecule has 0 aliphatic carbocycles. The van der Waals surface area contributed by atoms with Crippen LogP contribution in [-0.2, 0) is 22.0 Å². The highest BCUT2D eigenvalue weighted by molar-refractivity contribution is 7.90. The lowest BCUT2D eigenvalue weighted by Crippen LogP contribution is -2.17. The first-order valence-electron chi connectivity index (χ1n) is 3.29. The minimum Gasteiger partial charge on any atom is -0.249 e. The normalized spacial score (nSPS) is 21.1. The highest BCUT2D eigenvalue weighted by atomic mass is 32.2. The van der Waals surface area contributed by atoms with Crippen LogP contribution in [0, 0.1) is 0 Å². The van der Waals surface area contributed by atoms with Crippen LogP contribution in [0.4, 0.5) is 0 Å². The average Bonchev–Trinajstić information content (AvgIpc) is 2.31. The van der Waals surface area contributed by atoms with Gasteiger partial charge in [0.2, 0.25) is 0 Å². The van der Waals surface area contributed by atoms with Crippen molar-refractivity contribution in [3.05, 3.63) is 16.1 Å². The number of rotatable bonds is 0. The molecule has 0 fully saturated rings. The molecular formula is C6H7NO2S2.